The molecule has 0 aliphatic carbocycles. The van der Waals surface area contributed by atoms with Gasteiger partial charge in [-0.25, -0.2) is 4.99 Å². The van der Waals surface area contributed by atoms with Gasteiger partial charge in [0, 0.05) is 43.1 Å². The van der Waals surface area contributed by atoms with E-state index in [-0.39, 0.29) is 11.4 Å². The molecule has 150 valence electrons. The summed E-state index contributed by atoms with van der Waals surface area (Å²) >= 11 is 0. The molecule has 2 aromatic carbocycles. The number of fused-ring (bicyclic) bond motifs is 1. The number of anilines is 3. The largest absolute Gasteiger partial charge is 0.377 e. The highest BCUT2D eigenvalue weighted by Gasteiger charge is 2.18. The summed E-state index contributed by atoms with van der Waals surface area (Å²) in [7, 11) is 4.02. The van der Waals surface area contributed by atoms with Crippen molar-refractivity contribution in [1.82, 2.24) is 15.2 Å². The quantitative estimate of drug-likeness (QED) is 0.429. The number of rotatable bonds is 6. The maximum absolute atomic E-state index is 12.1. The molecule has 8 nitrogen and oxygen atoms in total. The highest BCUT2D eigenvalue weighted by atomic mass is 16.1. The summed E-state index contributed by atoms with van der Waals surface area (Å²) in [5.41, 5.74) is 8.50. The molecule has 0 bridgehead atoms. The molecule has 2 heterocycles. The number of hydrogen-bond acceptors (Lipinski definition) is 6. The summed E-state index contributed by atoms with van der Waals surface area (Å²) in [6, 6.07) is 15.7. The number of H-pyrrole nitrogens is 1. The minimum Gasteiger partial charge on any atom is -0.377 e. The molecule has 0 saturated carbocycles. The van der Waals surface area contributed by atoms with Crippen molar-refractivity contribution in [2.24, 2.45) is 10.7 Å². The molecular weight excluding hydrogens is 378 g/mol. The van der Waals surface area contributed by atoms with Crippen LogP contribution in [-0.2, 0) is 0 Å². The average Bonchev–Trinajstić information content (AvgIpc) is 3.15. The van der Waals surface area contributed by atoms with Crippen molar-refractivity contribution in [3.63, 3.8) is 0 Å². The van der Waals surface area contributed by atoms with Gasteiger partial charge in [0.1, 0.15) is 11.4 Å². The number of primary amides is 1. The van der Waals surface area contributed by atoms with E-state index in [9.17, 15) is 4.79 Å². The van der Waals surface area contributed by atoms with Crippen molar-refractivity contribution >= 4 is 45.9 Å². The summed E-state index contributed by atoms with van der Waals surface area (Å²) in [4.78, 5) is 22.6. The lowest BCUT2D eigenvalue weighted by atomic mass is 10.0. The van der Waals surface area contributed by atoms with Crippen molar-refractivity contribution in [3.8, 4) is 0 Å². The van der Waals surface area contributed by atoms with Crippen LogP contribution in [0.5, 0.6) is 0 Å². The van der Waals surface area contributed by atoms with E-state index >= 15 is 0 Å². The highest BCUT2D eigenvalue weighted by Crippen LogP contribution is 2.29. The maximum atomic E-state index is 12.1. The summed E-state index contributed by atoms with van der Waals surface area (Å²) in [6.07, 6.45) is 4.99. The van der Waals surface area contributed by atoms with Gasteiger partial charge in [0.25, 0.3) is 5.91 Å². The van der Waals surface area contributed by atoms with E-state index in [0.717, 1.165) is 22.0 Å². The van der Waals surface area contributed by atoms with Crippen LogP contribution in [0, 0.1) is 0 Å². The zero-order valence-electron chi connectivity index (χ0n) is 16.6. The number of nitrogens with one attached hydrogen (secondary N) is 2. The van der Waals surface area contributed by atoms with E-state index in [1.807, 2.05) is 50.5 Å². The van der Waals surface area contributed by atoms with Crippen LogP contribution in [0.2, 0.25) is 0 Å². The molecule has 4 rings (SSSR count). The summed E-state index contributed by atoms with van der Waals surface area (Å²) in [5, 5.41) is 12.2. The van der Waals surface area contributed by atoms with Gasteiger partial charge in [0.15, 0.2) is 5.82 Å². The van der Waals surface area contributed by atoms with Crippen LogP contribution in [0.25, 0.3) is 10.8 Å². The number of benzene rings is 2. The Morgan fingerprint density at radius 1 is 1.13 bits per heavy atom. The van der Waals surface area contributed by atoms with Crippen LogP contribution in [0.15, 0.2) is 65.9 Å². The Kier molecular flexibility index (Phi) is 5.13. The molecule has 4 N–H and O–H groups in total. The smallest absolute Gasteiger partial charge is 0.256 e. The second kappa shape index (κ2) is 8.04. The number of carbonyl (C=O) groups excluding carboxylic acids is 1. The van der Waals surface area contributed by atoms with E-state index in [2.05, 4.69) is 36.5 Å². The molecule has 8 heteroatoms. The number of aromatic amines is 1. The first-order valence-electron chi connectivity index (χ1n) is 9.33. The molecular formula is C22H21N7O. The number of carbonyl (C=O) groups is 1. The number of aliphatic imine (C=N–C) groups is 1. The Morgan fingerprint density at radius 3 is 2.63 bits per heavy atom. The zero-order valence-corrected chi connectivity index (χ0v) is 16.6. The number of hydrogen-bond donors (Lipinski definition) is 3. The van der Waals surface area contributed by atoms with Crippen LogP contribution in [0.1, 0.15) is 15.9 Å². The Bertz CT molecular complexity index is 1230. The van der Waals surface area contributed by atoms with Crippen molar-refractivity contribution in [2.75, 3.05) is 24.3 Å². The standard InChI is InChI=1S/C22H21N7O/c1-29(2)18-10-9-14(16-7-3-4-8-17(16)18)12-25-21-19(20(23)30)22(28-27-21)26-15-6-5-11-24-13-15/h3-13H,1-2H3,(H2,23,30)(H2,26,27,28). The molecule has 0 atom stereocenters. The molecule has 0 radical (unpaired) electrons. The lowest BCUT2D eigenvalue weighted by Gasteiger charge is -2.16. The predicted molar refractivity (Wildman–Crippen MR) is 120 cm³/mol. The molecule has 2 aromatic heterocycles. The van der Waals surface area contributed by atoms with Crippen LogP contribution in [0.4, 0.5) is 23.0 Å². The van der Waals surface area contributed by atoms with Crippen molar-refractivity contribution < 1.29 is 4.79 Å². The number of pyridine rings is 1. The molecule has 0 aliphatic rings. The zero-order chi connectivity index (χ0) is 21.1. The monoisotopic (exact) mass is 399 g/mol. The third kappa shape index (κ3) is 3.70. The second-order valence-corrected chi connectivity index (χ2v) is 6.90. The van der Waals surface area contributed by atoms with Crippen LogP contribution in [-0.4, -0.2) is 41.4 Å². The van der Waals surface area contributed by atoms with Gasteiger partial charge in [-0.05, 0) is 23.6 Å². The summed E-state index contributed by atoms with van der Waals surface area (Å²) in [6.45, 7) is 0. The summed E-state index contributed by atoms with van der Waals surface area (Å²) < 4.78 is 0. The second-order valence-electron chi connectivity index (χ2n) is 6.90. The predicted octanol–water partition coefficient (Wildman–Crippen LogP) is 3.62. The first kappa shape index (κ1) is 19.1. The Hall–Kier alpha value is -4.20. The third-order valence-electron chi connectivity index (χ3n) is 4.67. The van der Waals surface area contributed by atoms with Crippen LogP contribution in [0.3, 0.4) is 0 Å². The number of aromatic nitrogens is 3. The normalized spacial score (nSPS) is 11.1. The van der Waals surface area contributed by atoms with Crippen LogP contribution >= 0.6 is 0 Å². The van der Waals surface area contributed by atoms with Gasteiger partial charge >= 0.3 is 0 Å². The van der Waals surface area contributed by atoms with Crippen molar-refractivity contribution in [1.29, 1.82) is 0 Å². The maximum Gasteiger partial charge on any atom is 0.256 e. The lowest BCUT2D eigenvalue weighted by molar-refractivity contribution is 0.100. The summed E-state index contributed by atoms with van der Waals surface area (Å²) in [5.74, 6) is -0.0415. The fourth-order valence-electron chi connectivity index (χ4n) is 3.27. The molecule has 30 heavy (non-hydrogen) atoms. The molecule has 0 unspecified atom stereocenters. The molecule has 0 spiro atoms. The fraction of sp³-hybridized carbons (Fsp3) is 0.0909. The third-order valence-corrected chi connectivity index (χ3v) is 4.67. The molecule has 4 aromatic rings. The SMILES string of the molecule is CN(C)c1ccc(C=Nc2n[nH]c(Nc3cccnc3)c2C(N)=O)c2ccccc12. The van der Waals surface area contributed by atoms with Crippen molar-refractivity contribution in [2.45, 2.75) is 0 Å². The number of amides is 1. The fourth-order valence-corrected chi connectivity index (χ4v) is 3.27. The first-order chi connectivity index (χ1) is 14.5. The van der Waals surface area contributed by atoms with E-state index < -0.39 is 5.91 Å². The van der Waals surface area contributed by atoms with Crippen molar-refractivity contribution in [3.05, 3.63) is 72.1 Å². The molecule has 0 aliphatic heterocycles. The van der Waals surface area contributed by atoms with E-state index in [0.29, 0.717) is 11.5 Å². The van der Waals surface area contributed by atoms with Gasteiger partial charge in [0.2, 0.25) is 0 Å². The van der Waals surface area contributed by atoms with Gasteiger partial charge in [-0.3, -0.25) is 14.9 Å². The molecule has 0 fully saturated rings. The van der Waals surface area contributed by atoms with Gasteiger partial charge < -0.3 is 16.0 Å². The van der Waals surface area contributed by atoms with Gasteiger partial charge in [-0.1, -0.05) is 30.3 Å². The molecule has 0 saturated heterocycles. The van der Waals surface area contributed by atoms with Gasteiger partial charge in [-0.2, -0.15) is 5.10 Å². The Labute approximate surface area is 173 Å². The first-order valence-corrected chi connectivity index (χ1v) is 9.33. The lowest BCUT2D eigenvalue weighted by Crippen LogP contribution is -2.12. The number of nitrogens with two attached hydrogens (primary N) is 1. The van der Waals surface area contributed by atoms with Gasteiger partial charge in [-0.15, -0.1) is 0 Å². The highest BCUT2D eigenvalue weighted by molar-refractivity contribution is 6.07. The van der Waals surface area contributed by atoms with E-state index in [4.69, 9.17) is 5.73 Å². The average molecular weight is 399 g/mol. The van der Waals surface area contributed by atoms with Crippen LogP contribution < -0.4 is 16.0 Å². The topological polar surface area (TPSA) is 112 Å². The van der Waals surface area contributed by atoms with Gasteiger partial charge in [0.05, 0.1) is 11.9 Å². The minimum atomic E-state index is -0.630. The number of nitrogens with zero attached hydrogens (tertiary/aromatic N) is 4. The Morgan fingerprint density at radius 2 is 1.93 bits per heavy atom. The minimum absolute atomic E-state index is 0.185. The van der Waals surface area contributed by atoms with E-state index in [1.165, 1.54) is 0 Å². The Balaban J connectivity index is 1.71. The van der Waals surface area contributed by atoms with E-state index in [1.54, 1.807) is 24.7 Å². The molecule has 1 amide bonds.